The maximum absolute atomic E-state index is 12.1. The number of nitrogens with one attached hydrogen (secondary N) is 1. The molecule has 2 aromatic carbocycles. The molecule has 0 radical (unpaired) electrons. The van der Waals surface area contributed by atoms with Gasteiger partial charge in [-0.05, 0) is 41.8 Å². The molecule has 0 spiro atoms. The number of alkyl halides is 3. The summed E-state index contributed by atoms with van der Waals surface area (Å²) >= 11 is 0. The van der Waals surface area contributed by atoms with E-state index < -0.39 is 6.36 Å². The van der Waals surface area contributed by atoms with Crippen LogP contribution in [0.25, 0.3) is 0 Å². The summed E-state index contributed by atoms with van der Waals surface area (Å²) in [6.07, 6.45) is -4.08. The quantitative estimate of drug-likeness (QED) is 0.301. The summed E-state index contributed by atoms with van der Waals surface area (Å²) < 4.78 is 45.2. The van der Waals surface area contributed by atoms with Crippen LogP contribution < -0.4 is 20.5 Å². The van der Waals surface area contributed by atoms with Gasteiger partial charge in [0.25, 0.3) is 0 Å². The van der Waals surface area contributed by atoms with E-state index in [1.807, 2.05) is 0 Å². The first-order valence-electron chi connectivity index (χ1n) is 8.01. The molecule has 0 saturated carbocycles. The number of benzene rings is 2. The van der Waals surface area contributed by atoms with Crippen LogP contribution >= 0.6 is 24.0 Å². The molecule has 154 valence electrons. The highest BCUT2D eigenvalue weighted by molar-refractivity contribution is 14.0. The summed E-state index contributed by atoms with van der Waals surface area (Å²) in [6, 6.07) is 10.5. The Labute approximate surface area is 177 Å². The van der Waals surface area contributed by atoms with Crippen molar-refractivity contribution >= 4 is 29.9 Å². The summed E-state index contributed by atoms with van der Waals surface area (Å²) in [4.78, 5) is 4.13. The lowest BCUT2D eigenvalue weighted by Gasteiger charge is -2.09. The molecule has 2 aromatic rings. The third-order valence-corrected chi connectivity index (χ3v) is 3.55. The zero-order valence-electron chi connectivity index (χ0n) is 15.0. The zero-order chi connectivity index (χ0) is 19.9. The molecule has 0 bridgehead atoms. The van der Waals surface area contributed by atoms with Crippen LogP contribution in [0.2, 0.25) is 0 Å². The highest BCUT2D eigenvalue weighted by Crippen LogP contribution is 2.26. The van der Waals surface area contributed by atoms with Crippen molar-refractivity contribution in [1.29, 1.82) is 0 Å². The fourth-order valence-corrected chi connectivity index (χ4v) is 2.24. The van der Waals surface area contributed by atoms with Crippen molar-refractivity contribution in [3.63, 3.8) is 0 Å². The Balaban J connectivity index is 0.00000392. The third-order valence-electron chi connectivity index (χ3n) is 3.55. The predicted molar refractivity (Wildman–Crippen MR) is 110 cm³/mol. The Morgan fingerprint density at radius 1 is 1.14 bits per heavy atom. The molecule has 0 fully saturated rings. The lowest BCUT2D eigenvalue weighted by Crippen LogP contribution is -2.33. The minimum Gasteiger partial charge on any atom is -0.504 e. The number of methoxy groups -OCH3 is 1. The third kappa shape index (κ3) is 8.11. The first-order valence-corrected chi connectivity index (χ1v) is 8.01. The lowest BCUT2D eigenvalue weighted by atomic mass is 10.1. The Hall–Kier alpha value is -2.37. The van der Waals surface area contributed by atoms with E-state index in [1.165, 1.54) is 31.4 Å². The summed E-state index contributed by atoms with van der Waals surface area (Å²) in [5.41, 5.74) is 7.42. The van der Waals surface area contributed by atoms with Crippen LogP contribution in [0.4, 0.5) is 13.2 Å². The second-order valence-electron chi connectivity index (χ2n) is 5.58. The number of rotatable bonds is 7. The van der Waals surface area contributed by atoms with Crippen molar-refractivity contribution in [3.05, 3.63) is 53.6 Å². The number of phenolic OH excluding ortho intramolecular Hbond substituents is 1. The summed E-state index contributed by atoms with van der Waals surface area (Å²) in [5.74, 6) is 0.399. The maximum atomic E-state index is 12.1. The molecule has 0 heterocycles. The highest BCUT2D eigenvalue weighted by atomic mass is 127. The molecule has 28 heavy (non-hydrogen) atoms. The fourth-order valence-electron chi connectivity index (χ4n) is 2.24. The van der Waals surface area contributed by atoms with Gasteiger partial charge in [-0.2, -0.15) is 0 Å². The SMILES string of the molecule is COc1cc(CCNC(N)=NCc2ccc(OC(F)(F)F)cc2)ccc1O.I. The number of nitrogens with zero attached hydrogens (tertiary/aromatic N) is 1. The van der Waals surface area contributed by atoms with Gasteiger partial charge >= 0.3 is 6.36 Å². The molecule has 0 atom stereocenters. The average molecular weight is 511 g/mol. The van der Waals surface area contributed by atoms with Gasteiger partial charge in [-0.3, -0.25) is 0 Å². The van der Waals surface area contributed by atoms with E-state index in [9.17, 15) is 18.3 Å². The van der Waals surface area contributed by atoms with Crippen LogP contribution in [-0.4, -0.2) is 31.1 Å². The second-order valence-corrected chi connectivity index (χ2v) is 5.58. The number of hydrogen-bond acceptors (Lipinski definition) is 4. The number of nitrogens with two attached hydrogens (primary N) is 1. The van der Waals surface area contributed by atoms with Crippen LogP contribution in [0.5, 0.6) is 17.2 Å². The van der Waals surface area contributed by atoms with Gasteiger partial charge in [0.2, 0.25) is 0 Å². The first kappa shape index (κ1) is 23.7. The number of aliphatic imine (C=N–C) groups is 1. The molecule has 0 aromatic heterocycles. The van der Waals surface area contributed by atoms with E-state index in [2.05, 4.69) is 15.0 Å². The Morgan fingerprint density at radius 3 is 2.39 bits per heavy atom. The normalized spacial score (nSPS) is 11.5. The zero-order valence-corrected chi connectivity index (χ0v) is 17.3. The molecule has 2 rings (SSSR count). The van der Waals surface area contributed by atoms with Crippen molar-refractivity contribution in [2.24, 2.45) is 10.7 Å². The van der Waals surface area contributed by atoms with Crippen molar-refractivity contribution in [2.45, 2.75) is 19.3 Å². The molecule has 0 aliphatic rings. The topological polar surface area (TPSA) is 89.1 Å². The van der Waals surface area contributed by atoms with Gasteiger partial charge in [0.1, 0.15) is 5.75 Å². The number of phenols is 1. The lowest BCUT2D eigenvalue weighted by molar-refractivity contribution is -0.274. The summed E-state index contributed by atoms with van der Waals surface area (Å²) in [7, 11) is 1.48. The van der Waals surface area contributed by atoms with Gasteiger partial charge in [0, 0.05) is 6.54 Å². The summed E-state index contributed by atoms with van der Waals surface area (Å²) in [5, 5.41) is 12.5. The second kappa shape index (κ2) is 10.8. The fraction of sp³-hybridized carbons (Fsp3) is 0.278. The average Bonchev–Trinajstić information content (AvgIpc) is 2.61. The predicted octanol–water partition coefficient (Wildman–Crippen LogP) is 3.56. The van der Waals surface area contributed by atoms with Gasteiger partial charge in [0.05, 0.1) is 13.7 Å². The van der Waals surface area contributed by atoms with Gasteiger partial charge < -0.3 is 25.6 Å². The number of halogens is 4. The highest BCUT2D eigenvalue weighted by Gasteiger charge is 2.30. The Morgan fingerprint density at radius 2 is 1.79 bits per heavy atom. The molecule has 4 N–H and O–H groups in total. The van der Waals surface area contributed by atoms with Crippen molar-refractivity contribution in [3.8, 4) is 17.2 Å². The van der Waals surface area contributed by atoms with Crippen LogP contribution in [0.15, 0.2) is 47.5 Å². The van der Waals surface area contributed by atoms with Gasteiger partial charge in [0.15, 0.2) is 17.5 Å². The Kier molecular flexibility index (Phi) is 9.16. The van der Waals surface area contributed by atoms with Crippen molar-refractivity contribution in [1.82, 2.24) is 5.32 Å². The van der Waals surface area contributed by atoms with E-state index in [0.717, 1.165) is 5.56 Å². The van der Waals surface area contributed by atoms with E-state index in [4.69, 9.17) is 10.5 Å². The molecular formula is C18H21F3IN3O3. The molecular weight excluding hydrogens is 490 g/mol. The van der Waals surface area contributed by atoms with Crippen molar-refractivity contribution < 1.29 is 27.8 Å². The molecule has 0 amide bonds. The number of ether oxygens (including phenoxy) is 2. The minimum atomic E-state index is -4.71. The monoisotopic (exact) mass is 511 g/mol. The minimum absolute atomic E-state index is 0. The number of guanidine groups is 1. The van der Waals surface area contributed by atoms with Crippen LogP contribution in [-0.2, 0) is 13.0 Å². The molecule has 6 nitrogen and oxygen atoms in total. The smallest absolute Gasteiger partial charge is 0.504 e. The van der Waals surface area contributed by atoms with E-state index in [-0.39, 0.29) is 48.0 Å². The number of hydrogen-bond donors (Lipinski definition) is 3. The maximum Gasteiger partial charge on any atom is 0.573 e. The van der Waals surface area contributed by atoms with E-state index in [0.29, 0.717) is 24.3 Å². The number of aromatic hydroxyl groups is 1. The van der Waals surface area contributed by atoms with Gasteiger partial charge in [-0.1, -0.05) is 18.2 Å². The molecule has 10 heteroatoms. The van der Waals surface area contributed by atoms with Crippen LogP contribution in [0.3, 0.4) is 0 Å². The Bertz CT molecular complexity index is 784. The van der Waals surface area contributed by atoms with E-state index >= 15 is 0 Å². The molecule has 0 aliphatic heterocycles. The summed E-state index contributed by atoms with van der Waals surface area (Å²) in [6.45, 7) is 0.736. The van der Waals surface area contributed by atoms with Gasteiger partial charge in [-0.25, -0.2) is 4.99 Å². The molecule has 0 unspecified atom stereocenters. The largest absolute Gasteiger partial charge is 0.573 e. The standard InChI is InChI=1S/C18H20F3N3O3.HI/c1-26-16-10-12(4-7-15(16)25)8-9-23-17(22)24-11-13-2-5-14(6-3-13)27-18(19,20)21;/h2-7,10,25H,8-9,11H2,1H3,(H3,22,23,24);1H. The molecule has 0 saturated heterocycles. The van der Waals surface area contributed by atoms with Gasteiger partial charge in [-0.15, -0.1) is 37.1 Å². The van der Waals surface area contributed by atoms with Crippen molar-refractivity contribution in [2.75, 3.05) is 13.7 Å². The van der Waals surface area contributed by atoms with Crippen LogP contribution in [0.1, 0.15) is 11.1 Å². The van der Waals surface area contributed by atoms with Crippen LogP contribution in [0, 0.1) is 0 Å². The van der Waals surface area contributed by atoms with E-state index in [1.54, 1.807) is 18.2 Å². The molecule has 0 aliphatic carbocycles. The first-order chi connectivity index (χ1) is 12.8.